The molecule has 0 aliphatic rings. The Kier molecular flexibility index (Phi) is 11.0. The Morgan fingerprint density at radius 1 is 0.953 bits per heavy atom. The molecule has 0 aliphatic heterocycles. The molecule has 2 N–H and O–H groups in total. The van der Waals surface area contributed by atoms with Crippen LogP contribution >= 0.6 is 0 Å². The fraction of sp³-hybridized carbons (Fsp3) is 0.419. The van der Waals surface area contributed by atoms with E-state index in [-0.39, 0.29) is 30.2 Å². The lowest BCUT2D eigenvalue weighted by Crippen LogP contribution is -2.50. The van der Waals surface area contributed by atoms with Gasteiger partial charge in [0.05, 0.1) is 34.1 Å². The quantitative estimate of drug-likeness (QED) is 0.268. The number of ether oxygens (including phenoxy) is 4. The molecule has 12 nitrogen and oxygen atoms in total. The van der Waals surface area contributed by atoms with Crippen LogP contribution in [0, 0.1) is 6.92 Å². The third-order valence-corrected chi connectivity index (χ3v) is 6.96. The van der Waals surface area contributed by atoms with Gasteiger partial charge in [-0.3, -0.25) is 19.3 Å². The molecular weight excluding hydrogens is 556 g/mol. The van der Waals surface area contributed by atoms with Gasteiger partial charge in [-0.15, -0.1) is 0 Å². The lowest BCUT2D eigenvalue weighted by atomic mass is 9.97. The molecule has 3 rings (SSSR count). The van der Waals surface area contributed by atoms with Gasteiger partial charge in [-0.05, 0) is 45.4 Å². The van der Waals surface area contributed by atoms with Crippen molar-refractivity contribution in [3.63, 3.8) is 0 Å². The lowest BCUT2D eigenvalue weighted by Gasteiger charge is -2.36. The van der Waals surface area contributed by atoms with E-state index in [0.29, 0.717) is 34.9 Å². The monoisotopic (exact) mass is 596 g/mol. The molecule has 1 unspecified atom stereocenters. The second-order valence-electron chi connectivity index (χ2n) is 10.4. The van der Waals surface area contributed by atoms with E-state index in [4.69, 9.17) is 23.5 Å². The second kappa shape index (κ2) is 14.4. The van der Waals surface area contributed by atoms with E-state index in [1.165, 1.54) is 33.3 Å². The molecule has 12 heteroatoms. The number of hydrogen-bond acceptors (Lipinski definition) is 9. The van der Waals surface area contributed by atoms with E-state index in [0.717, 1.165) is 0 Å². The standard InChI is InChI=1S/C31H40N4O8/c1-9-31(3,4)33-30(38)28(21-11-10-12-23(40-6)29(21)42-8)35(22-14-13-20(39-5)18-24(22)41-7)27(37)16-15-26(36)32-25-17-19(2)43-34-25/h10-14,17-18,28H,9,15-16H2,1-8H3,(H,33,38)(H,32,34,36). The zero-order chi connectivity index (χ0) is 31.7. The first kappa shape index (κ1) is 32.8. The van der Waals surface area contributed by atoms with Crippen molar-refractivity contribution in [1.29, 1.82) is 0 Å². The molecule has 0 saturated carbocycles. The van der Waals surface area contributed by atoms with Crippen molar-refractivity contribution in [2.24, 2.45) is 0 Å². The summed E-state index contributed by atoms with van der Waals surface area (Å²) >= 11 is 0. The fourth-order valence-corrected chi connectivity index (χ4v) is 4.39. The summed E-state index contributed by atoms with van der Waals surface area (Å²) in [5.41, 5.74) is 0.0654. The first-order valence-corrected chi connectivity index (χ1v) is 13.8. The van der Waals surface area contributed by atoms with Crippen LogP contribution in [-0.2, 0) is 14.4 Å². The van der Waals surface area contributed by atoms with Crippen LogP contribution in [0.1, 0.15) is 57.4 Å². The Hall–Kier alpha value is -4.74. The molecule has 0 radical (unpaired) electrons. The molecular formula is C31H40N4O8. The number of methoxy groups -OCH3 is 4. The van der Waals surface area contributed by atoms with E-state index < -0.39 is 29.3 Å². The Balaban J connectivity index is 2.16. The molecule has 0 aliphatic carbocycles. The predicted octanol–water partition coefficient (Wildman–Crippen LogP) is 4.82. The summed E-state index contributed by atoms with van der Waals surface area (Å²) in [6.07, 6.45) is 0.192. The molecule has 232 valence electrons. The number of nitrogens with one attached hydrogen (secondary N) is 2. The van der Waals surface area contributed by atoms with Crippen molar-refractivity contribution >= 4 is 29.2 Å². The number of para-hydroxylation sites is 1. The summed E-state index contributed by atoms with van der Waals surface area (Å²) in [5, 5.41) is 9.45. The number of amides is 3. The van der Waals surface area contributed by atoms with Crippen LogP contribution in [0.15, 0.2) is 47.0 Å². The molecule has 0 fully saturated rings. The second-order valence-corrected chi connectivity index (χ2v) is 10.4. The van der Waals surface area contributed by atoms with E-state index in [2.05, 4.69) is 15.8 Å². The first-order valence-electron chi connectivity index (χ1n) is 13.8. The molecule has 3 aromatic rings. The number of aromatic nitrogens is 1. The number of aryl methyl sites for hydroxylation is 1. The van der Waals surface area contributed by atoms with Crippen molar-refractivity contribution < 1.29 is 37.9 Å². The SMILES string of the molecule is CCC(C)(C)NC(=O)C(c1cccc(OC)c1OC)N(C(=O)CCC(=O)Nc1cc(C)on1)c1ccc(OC)cc1OC. The van der Waals surface area contributed by atoms with E-state index in [1.54, 1.807) is 49.4 Å². The smallest absolute Gasteiger partial charge is 0.248 e. The lowest BCUT2D eigenvalue weighted by molar-refractivity contribution is -0.128. The van der Waals surface area contributed by atoms with Crippen LogP contribution in [-0.4, -0.2) is 56.9 Å². The summed E-state index contributed by atoms with van der Waals surface area (Å²) < 4.78 is 27.2. The minimum absolute atomic E-state index is 0.191. The first-order chi connectivity index (χ1) is 20.5. The maximum absolute atomic E-state index is 14.2. The van der Waals surface area contributed by atoms with Crippen LogP contribution in [0.5, 0.6) is 23.0 Å². The maximum Gasteiger partial charge on any atom is 0.248 e. The minimum atomic E-state index is -1.24. The average Bonchev–Trinajstić information content (AvgIpc) is 3.41. The van der Waals surface area contributed by atoms with Gasteiger partial charge in [0.2, 0.25) is 17.7 Å². The summed E-state index contributed by atoms with van der Waals surface area (Å²) in [5.74, 6) is 0.764. The molecule has 3 amide bonds. The Morgan fingerprint density at radius 2 is 1.67 bits per heavy atom. The van der Waals surface area contributed by atoms with Crippen molar-refractivity contribution in [3.05, 3.63) is 53.8 Å². The molecule has 2 aromatic carbocycles. The highest BCUT2D eigenvalue weighted by Gasteiger charge is 2.38. The highest BCUT2D eigenvalue weighted by Crippen LogP contribution is 2.42. The van der Waals surface area contributed by atoms with Gasteiger partial charge in [0.1, 0.15) is 23.3 Å². The van der Waals surface area contributed by atoms with Gasteiger partial charge in [0.25, 0.3) is 0 Å². The fourth-order valence-electron chi connectivity index (χ4n) is 4.39. The van der Waals surface area contributed by atoms with Crippen molar-refractivity contribution in [1.82, 2.24) is 10.5 Å². The normalized spacial score (nSPS) is 11.7. The zero-order valence-corrected chi connectivity index (χ0v) is 25.9. The third-order valence-electron chi connectivity index (χ3n) is 6.96. The van der Waals surface area contributed by atoms with Gasteiger partial charge in [-0.2, -0.15) is 0 Å². The van der Waals surface area contributed by atoms with Crippen LogP contribution < -0.4 is 34.5 Å². The van der Waals surface area contributed by atoms with Crippen LogP contribution in [0.25, 0.3) is 0 Å². The highest BCUT2D eigenvalue weighted by molar-refractivity contribution is 6.04. The van der Waals surface area contributed by atoms with Gasteiger partial charge < -0.3 is 34.1 Å². The largest absolute Gasteiger partial charge is 0.497 e. The number of benzene rings is 2. The van der Waals surface area contributed by atoms with Crippen molar-refractivity contribution in [2.45, 2.75) is 58.5 Å². The summed E-state index contributed by atoms with van der Waals surface area (Å²) in [6, 6.07) is 10.3. The number of nitrogens with zero attached hydrogens (tertiary/aromatic N) is 2. The summed E-state index contributed by atoms with van der Waals surface area (Å²) in [7, 11) is 5.91. The van der Waals surface area contributed by atoms with Crippen molar-refractivity contribution in [2.75, 3.05) is 38.7 Å². The van der Waals surface area contributed by atoms with E-state index in [1.807, 2.05) is 20.8 Å². The Bertz CT molecular complexity index is 1430. The number of hydrogen-bond donors (Lipinski definition) is 2. The summed E-state index contributed by atoms with van der Waals surface area (Å²) in [6.45, 7) is 7.43. The van der Waals surface area contributed by atoms with Gasteiger partial charge >= 0.3 is 0 Å². The molecule has 1 aromatic heterocycles. The van der Waals surface area contributed by atoms with Gasteiger partial charge in [0, 0.05) is 36.1 Å². The number of carbonyl (C=O) groups excluding carboxylic acids is 3. The Labute approximate surface area is 251 Å². The van der Waals surface area contributed by atoms with Gasteiger partial charge in [-0.25, -0.2) is 0 Å². The highest BCUT2D eigenvalue weighted by atomic mass is 16.5. The van der Waals surface area contributed by atoms with Crippen molar-refractivity contribution in [3.8, 4) is 23.0 Å². The predicted molar refractivity (Wildman–Crippen MR) is 161 cm³/mol. The molecule has 0 spiro atoms. The topological polar surface area (TPSA) is 141 Å². The summed E-state index contributed by atoms with van der Waals surface area (Å²) in [4.78, 5) is 42.5. The molecule has 0 saturated heterocycles. The minimum Gasteiger partial charge on any atom is -0.497 e. The maximum atomic E-state index is 14.2. The van der Waals surface area contributed by atoms with Crippen LogP contribution in [0.4, 0.5) is 11.5 Å². The molecule has 43 heavy (non-hydrogen) atoms. The van der Waals surface area contributed by atoms with Crippen LogP contribution in [0.3, 0.4) is 0 Å². The van der Waals surface area contributed by atoms with E-state index in [9.17, 15) is 14.4 Å². The van der Waals surface area contributed by atoms with Gasteiger partial charge in [-0.1, -0.05) is 24.2 Å². The Morgan fingerprint density at radius 3 is 2.26 bits per heavy atom. The van der Waals surface area contributed by atoms with Gasteiger partial charge in [0.15, 0.2) is 17.3 Å². The molecule has 1 atom stereocenters. The average molecular weight is 597 g/mol. The number of carbonyl (C=O) groups is 3. The molecule has 0 bridgehead atoms. The van der Waals surface area contributed by atoms with E-state index >= 15 is 0 Å². The zero-order valence-electron chi connectivity index (χ0n) is 25.9. The number of anilines is 2. The third kappa shape index (κ3) is 7.97. The molecule has 1 heterocycles. The number of rotatable bonds is 14. The van der Waals surface area contributed by atoms with Crippen LogP contribution in [0.2, 0.25) is 0 Å².